The predicted octanol–water partition coefficient (Wildman–Crippen LogP) is -0.446. The van der Waals surface area contributed by atoms with Gasteiger partial charge in [0, 0.05) is 0 Å². The Balaban J connectivity index is 2.42. The van der Waals surface area contributed by atoms with E-state index in [0.29, 0.717) is 0 Å². The second-order valence-corrected chi connectivity index (χ2v) is 3.90. The quantitative estimate of drug-likeness (QED) is 0.506. The Morgan fingerprint density at radius 2 is 2.38 bits per heavy atom. The maximum absolute atomic E-state index is 14.5. The zero-order valence-electron chi connectivity index (χ0n) is 9.09. The lowest BCUT2D eigenvalue weighted by molar-refractivity contribution is -0.392. The van der Waals surface area contributed by atoms with Crippen molar-refractivity contribution < 1.29 is 22.7 Å². The molecule has 1 atom stereocenters. The molecule has 0 amide bonds. The van der Waals surface area contributed by atoms with Gasteiger partial charge in [0.1, 0.15) is 6.54 Å². The fraction of sp³-hybridized carbons (Fsp3) is 0.333. The van der Waals surface area contributed by atoms with Gasteiger partial charge in [-0.25, -0.2) is 0 Å². The van der Waals surface area contributed by atoms with E-state index in [2.05, 4.69) is 0 Å². The lowest BCUT2D eigenvalue weighted by Crippen LogP contribution is -2.53. The first kappa shape index (κ1) is 10.7. The summed E-state index contributed by atoms with van der Waals surface area (Å²) in [7, 11) is 3.48. The molecule has 0 aliphatic carbocycles. The van der Waals surface area contributed by atoms with Crippen LogP contribution in [-0.2, 0) is 9.45 Å². The number of furan rings is 1. The van der Waals surface area contributed by atoms with Gasteiger partial charge in [0.25, 0.3) is 0 Å². The Kier molecular flexibility index (Phi) is 2.45. The molecule has 2 rings (SSSR count). The third-order valence-corrected chi connectivity index (χ3v) is 2.30. The minimum atomic E-state index is -3.06. The molecule has 0 radical (unpaired) electrons. The van der Waals surface area contributed by atoms with Crippen molar-refractivity contribution in [2.45, 2.75) is 0 Å². The van der Waals surface area contributed by atoms with E-state index in [0.717, 1.165) is 0 Å². The highest BCUT2D eigenvalue weighted by Crippen LogP contribution is 2.16. The fourth-order valence-electron chi connectivity index (χ4n) is 1.68. The number of nitrogens with zero attached hydrogens (tertiary/aromatic N) is 2. The zero-order valence-corrected chi connectivity index (χ0v) is 9.09. The Hall–Kier alpha value is -1.79. The van der Waals surface area contributed by atoms with Gasteiger partial charge in [-0.1, -0.05) is 0 Å². The van der Waals surface area contributed by atoms with Crippen LogP contribution in [0.4, 0.5) is 4.32 Å². The SMILES string of the molecule is CN(C)/C=[N+]1\CC(=O)O[B-]1(F)c1ccco1. The van der Waals surface area contributed by atoms with Crippen LogP contribution in [0.2, 0.25) is 0 Å². The molecule has 1 fully saturated rings. The Labute approximate surface area is 92.1 Å². The molecule has 0 N–H and O–H groups in total. The minimum absolute atomic E-state index is 0.0175. The van der Waals surface area contributed by atoms with Crippen molar-refractivity contribution >= 4 is 24.7 Å². The summed E-state index contributed by atoms with van der Waals surface area (Å²) in [6, 6.07) is 3.01. The summed E-state index contributed by atoms with van der Waals surface area (Å²) in [5.41, 5.74) is 0.0175. The molecule has 1 saturated heterocycles. The van der Waals surface area contributed by atoms with Crippen LogP contribution in [0, 0.1) is 0 Å². The van der Waals surface area contributed by atoms with Gasteiger partial charge in [0.2, 0.25) is 0 Å². The summed E-state index contributed by atoms with van der Waals surface area (Å²) in [6.45, 7) is -3.18. The van der Waals surface area contributed by atoms with Crippen molar-refractivity contribution in [3.8, 4) is 0 Å². The van der Waals surface area contributed by atoms with Crippen molar-refractivity contribution in [1.82, 2.24) is 4.90 Å². The van der Waals surface area contributed by atoms with Crippen molar-refractivity contribution in [3.63, 3.8) is 0 Å². The van der Waals surface area contributed by atoms with Gasteiger partial charge in [-0.05, 0) is 12.1 Å². The van der Waals surface area contributed by atoms with Crippen molar-refractivity contribution in [2.24, 2.45) is 0 Å². The first-order valence-corrected chi connectivity index (χ1v) is 4.88. The van der Waals surface area contributed by atoms with Crippen molar-refractivity contribution in [2.75, 3.05) is 20.6 Å². The number of hydrogen-bond donors (Lipinski definition) is 0. The van der Waals surface area contributed by atoms with Crippen LogP contribution >= 0.6 is 0 Å². The molecule has 0 bridgehead atoms. The van der Waals surface area contributed by atoms with Crippen molar-refractivity contribution in [1.29, 1.82) is 0 Å². The van der Waals surface area contributed by atoms with E-state index < -0.39 is 12.7 Å². The molecule has 16 heavy (non-hydrogen) atoms. The highest BCUT2D eigenvalue weighted by Gasteiger charge is 2.50. The van der Waals surface area contributed by atoms with Crippen LogP contribution in [0.15, 0.2) is 22.8 Å². The van der Waals surface area contributed by atoms with E-state index in [1.807, 2.05) is 0 Å². The lowest BCUT2D eigenvalue weighted by atomic mass is 9.72. The summed E-state index contributed by atoms with van der Waals surface area (Å²) < 4.78 is 25.5. The van der Waals surface area contributed by atoms with Gasteiger partial charge in [0.05, 0.1) is 26.0 Å². The molecule has 86 valence electrons. The number of carbonyl (C=O) groups is 1. The van der Waals surface area contributed by atoms with Gasteiger partial charge in [-0.2, -0.15) is 0 Å². The summed E-state index contributed by atoms with van der Waals surface area (Å²) in [5, 5.41) is 0. The second-order valence-electron chi connectivity index (χ2n) is 3.90. The smallest absolute Gasteiger partial charge is 0.601 e. The molecular weight excluding hydrogens is 214 g/mol. The molecule has 0 saturated carbocycles. The number of carbonyl (C=O) groups excluding carboxylic acids is 1. The van der Waals surface area contributed by atoms with Crippen LogP contribution < -0.4 is 5.66 Å². The lowest BCUT2D eigenvalue weighted by Gasteiger charge is -2.22. The van der Waals surface area contributed by atoms with E-state index in [1.165, 1.54) is 23.2 Å². The van der Waals surface area contributed by atoms with Gasteiger partial charge in [-0.15, -0.1) is 0 Å². The molecule has 7 heteroatoms. The van der Waals surface area contributed by atoms with Gasteiger partial charge >= 0.3 is 12.7 Å². The number of halogens is 1. The van der Waals surface area contributed by atoms with Crippen LogP contribution in [0.25, 0.3) is 0 Å². The maximum Gasteiger partial charge on any atom is 0.601 e. The van der Waals surface area contributed by atoms with Gasteiger partial charge < -0.3 is 17.9 Å². The Bertz CT molecular complexity index is 432. The third-order valence-electron chi connectivity index (χ3n) is 2.30. The average Bonchev–Trinajstić information content (AvgIpc) is 2.75. The highest BCUT2D eigenvalue weighted by atomic mass is 19.1. The molecule has 1 aliphatic rings. The predicted molar refractivity (Wildman–Crippen MR) is 56.2 cm³/mol. The number of hydrogen-bond acceptors (Lipinski definition) is 3. The topological polar surface area (TPSA) is 45.7 Å². The van der Waals surface area contributed by atoms with Gasteiger partial charge in [0.15, 0.2) is 6.34 Å². The number of rotatable bonds is 2. The molecule has 0 spiro atoms. The maximum atomic E-state index is 14.5. The molecular formula is C9H12BFN2O3. The molecule has 5 nitrogen and oxygen atoms in total. The van der Waals surface area contributed by atoms with Gasteiger partial charge in [-0.3, -0.25) is 9.69 Å². The Morgan fingerprint density at radius 1 is 1.62 bits per heavy atom. The molecule has 1 unspecified atom stereocenters. The summed E-state index contributed by atoms with van der Waals surface area (Å²) in [4.78, 5) is 12.8. The first-order valence-electron chi connectivity index (χ1n) is 4.88. The monoisotopic (exact) mass is 226 g/mol. The summed E-state index contributed by atoms with van der Waals surface area (Å²) in [5.74, 6) is -0.600. The molecule has 2 heterocycles. The summed E-state index contributed by atoms with van der Waals surface area (Å²) >= 11 is 0. The van der Waals surface area contributed by atoms with Crippen LogP contribution in [0.5, 0.6) is 0 Å². The third kappa shape index (κ3) is 1.68. The molecule has 1 aromatic heterocycles. The highest BCUT2D eigenvalue weighted by molar-refractivity contribution is 6.74. The van der Waals surface area contributed by atoms with E-state index in [-0.39, 0.29) is 12.2 Å². The standard InChI is InChI=1S/C9H12BFN2O3/c1-12(2)7-13-6-9(14)16-10(13,11)8-4-3-5-15-8/h3-5,7H,6H2,1-2H3/b13-7+. The molecule has 1 aromatic rings. The zero-order chi connectivity index (χ0) is 11.8. The van der Waals surface area contributed by atoms with E-state index >= 15 is 0 Å². The van der Waals surface area contributed by atoms with E-state index in [4.69, 9.17) is 9.07 Å². The van der Waals surface area contributed by atoms with Crippen LogP contribution in [0.1, 0.15) is 0 Å². The Morgan fingerprint density at radius 3 is 2.94 bits per heavy atom. The largest absolute Gasteiger partial charge is 0.618 e. The molecule has 0 aromatic carbocycles. The first-order chi connectivity index (χ1) is 7.52. The van der Waals surface area contributed by atoms with Crippen LogP contribution in [0.3, 0.4) is 0 Å². The minimum Gasteiger partial charge on any atom is -0.618 e. The van der Waals surface area contributed by atoms with Crippen LogP contribution in [-0.4, -0.2) is 49.1 Å². The summed E-state index contributed by atoms with van der Waals surface area (Å²) in [6.07, 6.45) is 2.83. The second kappa shape index (κ2) is 3.66. The van der Waals surface area contributed by atoms with Crippen molar-refractivity contribution in [3.05, 3.63) is 18.4 Å². The fourth-order valence-corrected chi connectivity index (χ4v) is 1.68. The van der Waals surface area contributed by atoms with E-state index in [1.54, 1.807) is 25.1 Å². The van der Waals surface area contributed by atoms with E-state index in [9.17, 15) is 9.11 Å². The average molecular weight is 226 g/mol. The normalized spacial score (nSPS) is 27.2. The molecule has 1 aliphatic heterocycles.